The van der Waals surface area contributed by atoms with Gasteiger partial charge in [0.05, 0.1) is 29.0 Å². The topological polar surface area (TPSA) is 69.6 Å². The molecule has 6 nitrogen and oxygen atoms in total. The number of fused-ring (bicyclic) bond motifs is 1. The summed E-state index contributed by atoms with van der Waals surface area (Å²) in [6, 6.07) is 10.5. The van der Waals surface area contributed by atoms with Gasteiger partial charge in [0.2, 0.25) is 10.0 Å². The van der Waals surface area contributed by atoms with Crippen LogP contribution in [0.3, 0.4) is 0 Å². The van der Waals surface area contributed by atoms with Gasteiger partial charge in [-0.3, -0.25) is 0 Å². The molecule has 6 rings (SSSR count). The predicted octanol–water partition coefficient (Wildman–Crippen LogP) is 5.06. The minimum absolute atomic E-state index is 0.0108. The average molecular weight is 539 g/mol. The number of rotatable bonds is 8. The van der Waals surface area contributed by atoms with E-state index in [1.165, 1.54) is 12.3 Å². The molecule has 3 saturated carbocycles. The van der Waals surface area contributed by atoms with Crippen molar-refractivity contribution in [1.82, 2.24) is 9.29 Å². The Kier molecular flexibility index (Phi) is 5.74. The van der Waals surface area contributed by atoms with E-state index < -0.39 is 22.8 Å². The Morgan fingerprint density at radius 3 is 2.53 bits per heavy atom. The van der Waals surface area contributed by atoms with Crippen LogP contribution in [0.25, 0.3) is 16.6 Å². The Hall–Kier alpha value is -2.87. The van der Waals surface area contributed by atoms with Gasteiger partial charge in [0, 0.05) is 28.2 Å². The zero-order valence-electron chi connectivity index (χ0n) is 19.2. The third-order valence-corrected chi connectivity index (χ3v) is 7.68. The fourth-order valence-electron chi connectivity index (χ4n) is 5.45. The van der Waals surface area contributed by atoms with E-state index in [1.807, 2.05) is 28.8 Å². The molecule has 0 atom stereocenters. The van der Waals surface area contributed by atoms with Crippen LogP contribution in [0.2, 0.25) is 5.02 Å². The molecule has 2 bridgehead atoms. The third-order valence-electron chi connectivity index (χ3n) is 6.59. The van der Waals surface area contributed by atoms with Crippen molar-refractivity contribution in [2.45, 2.75) is 31.0 Å². The van der Waals surface area contributed by atoms with Crippen LogP contribution < -0.4 is 14.2 Å². The van der Waals surface area contributed by atoms with Gasteiger partial charge in [-0.25, -0.2) is 13.1 Å². The summed E-state index contributed by atoms with van der Waals surface area (Å²) in [4.78, 5) is 0. The number of aromatic nitrogens is 1. The Balaban J connectivity index is 1.30. The lowest BCUT2D eigenvalue weighted by atomic mass is 9.40. The molecule has 36 heavy (non-hydrogen) atoms. The summed E-state index contributed by atoms with van der Waals surface area (Å²) in [6.45, 7) is -0.987. The van der Waals surface area contributed by atoms with Crippen molar-refractivity contribution in [2.75, 3.05) is 19.5 Å². The Morgan fingerprint density at radius 2 is 1.89 bits per heavy atom. The van der Waals surface area contributed by atoms with E-state index >= 15 is 0 Å². The second kappa shape index (κ2) is 8.33. The minimum Gasteiger partial charge on any atom is -0.493 e. The smallest absolute Gasteiger partial charge is 0.422 e. The third kappa shape index (κ3) is 4.75. The highest BCUT2D eigenvalue weighted by molar-refractivity contribution is 7.88. The maximum absolute atomic E-state index is 12.6. The fraction of sp³-hybridized carbons (Fsp3) is 0.360. The molecule has 3 aliphatic rings. The zero-order chi connectivity index (χ0) is 25.9. The van der Waals surface area contributed by atoms with Gasteiger partial charge in [-0.1, -0.05) is 17.5 Å². The van der Waals surface area contributed by atoms with Crippen LogP contribution in [0.15, 0.2) is 42.6 Å². The molecule has 1 heterocycles. The molecule has 0 amide bonds. The van der Waals surface area contributed by atoms with E-state index in [0.717, 1.165) is 30.2 Å². The molecule has 0 spiro atoms. The number of halogens is 4. The van der Waals surface area contributed by atoms with Crippen molar-refractivity contribution < 1.29 is 31.1 Å². The number of hydrogen-bond donors (Lipinski definition) is 1. The lowest BCUT2D eigenvalue weighted by molar-refractivity contribution is -0.162. The first-order valence-electron chi connectivity index (χ1n) is 11.0. The van der Waals surface area contributed by atoms with Crippen molar-refractivity contribution in [3.63, 3.8) is 0 Å². The molecule has 2 aromatic carbocycles. The van der Waals surface area contributed by atoms with Gasteiger partial charge >= 0.3 is 6.18 Å². The van der Waals surface area contributed by atoms with E-state index in [9.17, 15) is 21.6 Å². The number of ether oxygens (including phenoxy) is 2. The number of hydrogen-bond acceptors (Lipinski definition) is 4. The van der Waals surface area contributed by atoms with Crippen molar-refractivity contribution in [3.05, 3.63) is 53.2 Å². The Morgan fingerprint density at radius 1 is 1.17 bits per heavy atom. The molecule has 0 unspecified atom stereocenters. The zero-order valence-corrected chi connectivity index (χ0v) is 20.7. The van der Waals surface area contributed by atoms with Crippen LogP contribution in [0.5, 0.6) is 11.5 Å². The van der Waals surface area contributed by atoms with Crippen LogP contribution in [0.4, 0.5) is 13.2 Å². The van der Waals surface area contributed by atoms with Crippen LogP contribution in [0, 0.1) is 17.8 Å². The van der Waals surface area contributed by atoms with Crippen LogP contribution in [0.1, 0.15) is 24.8 Å². The number of nitrogens with zero attached hydrogens (tertiary/aromatic N) is 1. The first-order chi connectivity index (χ1) is 16.8. The summed E-state index contributed by atoms with van der Waals surface area (Å²) < 4.78 is 76.2. The van der Waals surface area contributed by atoms with Crippen molar-refractivity contribution in [3.8, 4) is 29.5 Å². The minimum atomic E-state index is -4.52. The van der Waals surface area contributed by atoms with Gasteiger partial charge < -0.3 is 14.0 Å². The quantitative estimate of drug-likeness (QED) is 0.407. The van der Waals surface area contributed by atoms with E-state index in [2.05, 4.69) is 10.6 Å². The molecule has 0 radical (unpaired) electrons. The summed E-state index contributed by atoms with van der Waals surface area (Å²) in [5.41, 5.74) is 1.23. The monoisotopic (exact) mass is 538 g/mol. The first-order valence-corrected chi connectivity index (χ1v) is 13.3. The second-order valence-electron chi connectivity index (χ2n) is 9.73. The predicted molar refractivity (Wildman–Crippen MR) is 130 cm³/mol. The summed E-state index contributed by atoms with van der Waals surface area (Å²) in [7, 11) is -3.23. The van der Waals surface area contributed by atoms with Crippen LogP contribution in [-0.2, 0) is 10.0 Å². The summed E-state index contributed by atoms with van der Waals surface area (Å²) in [5, 5.41) is 0.865. The maximum atomic E-state index is 12.6. The van der Waals surface area contributed by atoms with E-state index in [4.69, 9.17) is 27.5 Å². The van der Waals surface area contributed by atoms with Gasteiger partial charge in [-0.05, 0) is 55.7 Å². The van der Waals surface area contributed by atoms with Crippen LogP contribution >= 0.6 is 11.6 Å². The number of terminal acetylenes is 1. The second-order valence-corrected chi connectivity index (χ2v) is 11.9. The largest absolute Gasteiger partial charge is 0.493 e. The molecule has 1 aromatic heterocycles. The molecule has 190 valence electrons. The van der Waals surface area contributed by atoms with Gasteiger partial charge in [0.15, 0.2) is 12.4 Å². The van der Waals surface area contributed by atoms with Gasteiger partial charge in [0.1, 0.15) is 5.75 Å². The van der Waals surface area contributed by atoms with Crippen molar-refractivity contribution >= 4 is 32.5 Å². The van der Waals surface area contributed by atoms with Crippen LogP contribution in [-0.4, -0.2) is 44.2 Å². The van der Waals surface area contributed by atoms with Crippen molar-refractivity contribution in [1.29, 1.82) is 0 Å². The number of benzene rings is 2. The number of sulfonamides is 1. The molecule has 0 aliphatic heterocycles. The Bertz CT molecular complexity index is 1490. The molecule has 3 aliphatic carbocycles. The molecule has 0 saturated heterocycles. The van der Waals surface area contributed by atoms with Crippen molar-refractivity contribution in [2.24, 2.45) is 5.41 Å². The summed E-state index contributed by atoms with van der Waals surface area (Å²) >= 11 is 6.23. The molecule has 3 fully saturated rings. The first kappa shape index (κ1) is 24.8. The molecule has 11 heteroatoms. The molecule has 3 aromatic rings. The highest BCUT2D eigenvalue weighted by Gasteiger charge is 2.69. The fourth-order valence-corrected chi connectivity index (χ4v) is 6.72. The summed E-state index contributed by atoms with van der Waals surface area (Å²) in [5.74, 6) is 2.85. The summed E-state index contributed by atoms with van der Waals surface area (Å²) in [6.07, 6.45) is 6.29. The molecular weight excluding hydrogens is 517 g/mol. The van der Waals surface area contributed by atoms with Gasteiger partial charge in [-0.2, -0.15) is 13.2 Å². The lowest BCUT2D eigenvalue weighted by Crippen LogP contribution is -2.76. The maximum Gasteiger partial charge on any atom is 0.422 e. The molecule has 1 N–H and O–H groups in total. The highest BCUT2D eigenvalue weighted by atomic mass is 35.5. The normalized spacial score (nSPS) is 23.0. The van der Waals surface area contributed by atoms with E-state index in [-0.39, 0.29) is 27.3 Å². The highest BCUT2D eigenvalue weighted by Crippen LogP contribution is 2.67. The standard InChI is InChI=1S/C25H22ClF3N2O4S/c1-3-16-8-18(10-20(26)22(16)35-15-25(27,28)29)31-7-6-17-9-19(4-5-21(17)31)34-14-23-11-24(12-23,13-23)30-36(2,32)33/h1,4-10,30H,11-15H2,2H3. The van der Waals surface area contributed by atoms with Gasteiger partial charge in [0.25, 0.3) is 0 Å². The number of nitrogens with one attached hydrogen (secondary N) is 1. The van der Waals surface area contributed by atoms with Gasteiger partial charge in [-0.15, -0.1) is 6.42 Å². The molecular formula is C25H22ClF3N2O4S. The van der Waals surface area contributed by atoms with E-state index in [1.54, 1.807) is 12.3 Å². The Labute approximate surface area is 211 Å². The average Bonchev–Trinajstić information content (AvgIpc) is 3.15. The number of alkyl halides is 3. The SMILES string of the molecule is C#Cc1cc(-n2ccc3cc(OCC45CC(NS(C)(=O)=O)(C4)C5)ccc32)cc(Cl)c1OCC(F)(F)F. The van der Waals surface area contributed by atoms with E-state index in [0.29, 0.717) is 18.0 Å². The lowest BCUT2D eigenvalue weighted by Gasteiger charge is -2.69.